The number of fused-ring (bicyclic) bond motifs is 1. The van der Waals surface area contributed by atoms with Gasteiger partial charge in [-0.2, -0.15) is 4.98 Å². The summed E-state index contributed by atoms with van der Waals surface area (Å²) >= 11 is 0. The Labute approximate surface area is 120 Å². The Morgan fingerprint density at radius 1 is 1.24 bits per heavy atom. The number of anilines is 1. The van der Waals surface area contributed by atoms with Crippen LogP contribution in [0, 0.1) is 0 Å². The van der Waals surface area contributed by atoms with E-state index in [9.17, 15) is 9.59 Å². The summed E-state index contributed by atoms with van der Waals surface area (Å²) in [4.78, 5) is 29.6. The number of hydrogen-bond acceptors (Lipinski definition) is 5. The van der Waals surface area contributed by atoms with Gasteiger partial charge in [0.1, 0.15) is 0 Å². The summed E-state index contributed by atoms with van der Waals surface area (Å²) in [5, 5.41) is 0. The first-order chi connectivity index (χ1) is 10.1. The minimum atomic E-state index is -0.637. The number of nitrogen functional groups attached to an aromatic ring is 1. The summed E-state index contributed by atoms with van der Waals surface area (Å²) < 4.78 is 6.18. The van der Waals surface area contributed by atoms with Crippen molar-refractivity contribution in [2.45, 2.75) is 20.4 Å². The standard InChI is InChI=1S/C12H10N4O3.C2H6/c13-11-14-9-8(10(17)15-11)19-12(18)16(9)6-7-4-2-1-3-5-7;1-2/h1-5H,6H2,(H3,13,14,15,17);1-2H3. The Bertz CT molecular complexity index is 846. The van der Waals surface area contributed by atoms with E-state index in [-0.39, 0.29) is 23.7 Å². The maximum atomic E-state index is 11.8. The van der Waals surface area contributed by atoms with Crippen molar-refractivity contribution in [3.05, 3.63) is 56.8 Å². The van der Waals surface area contributed by atoms with Crippen molar-refractivity contribution in [2.24, 2.45) is 0 Å². The summed E-state index contributed by atoms with van der Waals surface area (Å²) in [5.74, 6) is -0.692. The van der Waals surface area contributed by atoms with Crippen molar-refractivity contribution in [3.8, 4) is 0 Å². The molecule has 0 spiro atoms. The van der Waals surface area contributed by atoms with Crippen molar-refractivity contribution >= 4 is 17.2 Å². The Morgan fingerprint density at radius 3 is 2.57 bits per heavy atom. The number of aromatic amines is 1. The van der Waals surface area contributed by atoms with Gasteiger partial charge < -0.3 is 10.2 Å². The highest BCUT2D eigenvalue weighted by Gasteiger charge is 2.14. The molecule has 0 aliphatic heterocycles. The van der Waals surface area contributed by atoms with Gasteiger partial charge in [0, 0.05) is 0 Å². The Kier molecular flexibility index (Phi) is 4.22. The van der Waals surface area contributed by atoms with E-state index in [1.807, 2.05) is 44.2 Å². The van der Waals surface area contributed by atoms with E-state index in [4.69, 9.17) is 10.2 Å². The second-order valence-electron chi connectivity index (χ2n) is 4.04. The normalized spacial score (nSPS) is 10.2. The van der Waals surface area contributed by atoms with E-state index in [0.29, 0.717) is 0 Å². The number of hydrogen-bond donors (Lipinski definition) is 2. The molecule has 0 unspecified atom stereocenters. The molecule has 0 fully saturated rings. The van der Waals surface area contributed by atoms with Crippen molar-refractivity contribution in [3.63, 3.8) is 0 Å². The van der Waals surface area contributed by atoms with Crippen LogP contribution in [-0.4, -0.2) is 14.5 Å². The molecule has 0 aliphatic carbocycles. The van der Waals surface area contributed by atoms with Gasteiger partial charge in [-0.15, -0.1) is 0 Å². The quantitative estimate of drug-likeness (QED) is 0.739. The highest BCUT2D eigenvalue weighted by Crippen LogP contribution is 2.09. The lowest BCUT2D eigenvalue weighted by Gasteiger charge is -2.01. The van der Waals surface area contributed by atoms with Gasteiger partial charge in [-0.3, -0.25) is 14.3 Å². The second-order valence-corrected chi connectivity index (χ2v) is 4.04. The molecule has 2 heterocycles. The molecule has 0 atom stereocenters. The molecule has 7 nitrogen and oxygen atoms in total. The maximum absolute atomic E-state index is 11.8. The zero-order valence-corrected chi connectivity index (χ0v) is 11.8. The van der Waals surface area contributed by atoms with E-state index in [1.165, 1.54) is 4.57 Å². The number of oxazole rings is 1. The zero-order chi connectivity index (χ0) is 15.4. The van der Waals surface area contributed by atoms with Crippen LogP contribution in [0.4, 0.5) is 5.95 Å². The average Bonchev–Trinajstić information content (AvgIpc) is 2.80. The first-order valence-electron chi connectivity index (χ1n) is 6.58. The summed E-state index contributed by atoms with van der Waals surface area (Å²) in [6, 6.07) is 9.32. The Balaban J connectivity index is 0.000000774. The van der Waals surface area contributed by atoms with Crippen LogP contribution in [-0.2, 0) is 6.54 Å². The highest BCUT2D eigenvalue weighted by atomic mass is 16.4. The highest BCUT2D eigenvalue weighted by molar-refractivity contribution is 5.67. The Hall–Kier alpha value is -2.83. The fourth-order valence-electron chi connectivity index (χ4n) is 1.88. The van der Waals surface area contributed by atoms with Gasteiger partial charge >= 0.3 is 5.76 Å². The predicted octanol–water partition coefficient (Wildman–Crippen LogP) is 1.33. The van der Waals surface area contributed by atoms with Gasteiger partial charge in [-0.05, 0) is 5.56 Å². The van der Waals surface area contributed by atoms with Crippen LogP contribution in [0.1, 0.15) is 19.4 Å². The topological polar surface area (TPSA) is 107 Å². The zero-order valence-electron chi connectivity index (χ0n) is 11.8. The van der Waals surface area contributed by atoms with Crippen molar-refractivity contribution in [1.29, 1.82) is 0 Å². The molecule has 110 valence electrons. The van der Waals surface area contributed by atoms with Crippen LogP contribution in [0.5, 0.6) is 0 Å². The monoisotopic (exact) mass is 288 g/mol. The number of nitrogens with zero attached hydrogens (tertiary/aromatic N) is 2. The van der Waals surface area contributed by atoms with E-state index < -0.39 is 11.3 Å². The number of benzene rings is 1. The fourth-order valence-corrected chi connectivity index (χ4v) is 1.88. The molecule has 7 heteroatoms. The minimum absolute atomic E-state index is 0.0555. The Morgan fingerprint density at radius 2 is 1.90 bits per heavy atom. The lowest BCUT2D eigenvalue weighted by atomic mass is 10.2. The van der Waals surface area contributed by atoms with Gasteiger partial charge in [-0.1, -0.05) is 44.2 Å². The van der Waals surface area contributed by atoms with Gasteiger partial charge in [0.05, 0.1) is 6.54 Å². The third-order valence-electron chi connectivity index (χ3n) is 2.73. The molecular formula is C14H16N4O3. The van der Waals surface area contributed by atoms with E-state index in [2.05, 4.69) is 9.97 Å². The van der Waals surface area contributed by atoms with Gasteiger partial charge in [0.15, 0.2) is 5.65 Å². The molecule has 0 aliphatic rings. The molecule has 2 aromatic heterocycles. The molecule has 3 rings (SSSR count). The number of rotatable bonds is 2. The van der Waals surface area contributed by atoms with Crippen LogP contribution < -0.4 is 17.0 Å². The molecule has 0 saturated heterocycles. The molecule has 0 radical (unpaired) electrons. The molecule has 0 saturated carbocycles. The molecule has 3 aromatic rings. The van der Waals surface area contributed by atoms with Crippen LogP contribution in [0.25, 0.3) is 11.2 Å². The number of nitrogens with one attached hydrogen (secondary N) is 1. The number of H-pyrrole nitrogens is 1. The van der Waals surface area contributed by atoms with Crippen LogP contribution in [0.3, 0.4) is 0 Å². The molecular weight excluding hydrogens is 272 g/mol. The van der Waals surface area contributed by atoms with Crippen molar-refractivity contribution in [2.75, 3.05) is 5.73 Å². The summed E-state index contributed by atoms with van der Waals surface area (Å²) in [6.07, 6.45) is 0. The second kappa shape index (κ2) is 6.08. The summed E-state index contributed by atoms with van der Waals surface area (Å²) in [5.41, 5.74) is 5.84. The first kappa shape index (κ1) is 14.6. The average molecular weight is 288 g/mol. The summed E-state index contributed by atoms with van der Waals surface area (Å²) in [6.45, 7) is 4.27. The van der Waals surface area contributed by atoms with Gasteiger partial charge in [0.2, 0.25) is 11.5 Å². The van der Waals surface area contributed by atoms with Crippen LogP contribution in [0.15, 0.2) is 44.3 Å². The lowest BCUT2D eigenvalue weighted by molar-refractivity contribution is 0.515. The van der Waals surface area contributed by atoms with E-state index >= 15 is 0 Å². The van der Waals surface area contributed by atoms with Crippen LogP contribution >= 0.6 is 0 Å². The predicted molar refractivity (Wildman–Crippen MR) is 80.2 cm³/mol. The smallest absolute Gasteiger partial charge is 0.400 e. The summed E-state index contributed by atoms with van der Waals surface area (Å²) in [7, 11) is 0. The lowest BCUT2D eigenvalue weighted by Crippen LogP contribution is -2.16. The fraction of sp³-hybridized carbons (Fsp3) is 0.214. The maximum Gasteiger partial charge on any atom is 0.421 e. The third kappa shape index (κ3) is 2.86. The first-order valence-corrected chi connectivity index (χ1v) is 6.58. The minimum Gasteiger partial charge on any atom is -0.400 e. The molecule has 3 N–H and O–H groups in total. The number of nitrogens with two attached hydrogens (primary N) is 1. The van der Waals surface area contributed by atoms with Crippen molar-refractivity contribution < 1.29 is 4.42 Å². The number of aromatic nitrogens is 3. The SMILES string of the molecule is CC.Nc1nc2c(oc(=O)n2Cc2ccccc2)c(=O)[nH]1. The van der Waals surface area contributed by atoms with E-state index in [0.717, 1.165) is 5.56 Å². The molecule has 1 aromatic carbocycles. The van der Waals surface area contributed by atoms with Gasteiger partial charge in [0.25, 0.3) is 5.56 Å². The molecule has 0 amide bonds. The van der Waals surface area contributed by atoms with Gasteiger partial charge in [-0.25, -0.2) is 4.79 Å². The molecule has 0 bridgehead atoms. The largest absolute Gasteiger partial charge is 0.421 e. The third-order valence-corrected chi connectivity index (χ3v) is 2.73. The molecule has 21 heavy (non-hydrogen) atoms. The van der Waals surface area contributed by atoms with Crippen molar-refractivity contribution in [1.82, 2.24) is 14.5 Å². The van der Waals surface area contributed by atoms with E-state index in [1.54, 1.807) is 0 Å². The van der Waals surface area contributed by atoms with Crippen LogP contribution in [0.2, 0.25) is 0 Å².